The Balaban J connectivity index is 2.00. The van der Waals surface area contributed by atoms with Gasteiger partial charge in [-0.05, 0) is 24.7 Å². The van der Waals surface area contributed by atoms with Crippen LogP contribution in [0, 0.1) is 0 Å². The van der Waals surface area contributed by atoms with Gasteiger partial charge in [-0.2, -0.15) is 11.8 Å². The van der Waals surface area contributed by atoms with Crippen LogP contribution < -0.4 is 4.72 Å². The van der Waals surface area contributed by atoms with Gasteiger partial charge in [0.05, 0.1) is 11.5 Å². The fourth-order valence-corrected chi connectivity index (χ4v) is 4.66. The van der Waals surface area contributed by atoms with Crippen LogP contribution in [0.25, 0.3) is 0 Å². The van der Waals surface area contributed by atoms with Crippen molar-refractivity contribution in [2.24, 2.45) is 7.05 Å². The van der Waals surface area contributed by atoms with Crippen LogP contribution in [-0.4, -0.2) is 35.6 Å². The number of aliphatic hydroxyl groups is 1. The number of aromatic nitrogens is 1. The van der Waals surface area contributed by atoms with Gasteiger partial charge in [0.25, 0.3) is 0 Å². The zero-order valence-corrected chi connectivity index (χ0v) is 12.6. The van der Waals surface area contributed by atoms with Crippen LogP contribution in [0.1, 0.15) is 25.0 Å². The fraction of sp³-hybridized carbons (Fsp3) is 0.667. The van der Waals surface area contributed by atoms with Crippen LogP contribution in [-0.2, 0) is 23.7 Å². The van der Waals surface area contributed by atoms with Crippen molar-refractivity contribution in [3.63, 3.8) is 0 Å². The van der Waals surface area contributed by atoms with Gasteiger partial charge in [-0.1, -0.05) is 6.42 Å². The van der Waals surface area contributed by atoms with E-state index < -0.39 is 10.0 Å². The van der Waals surface area contributed by atoms with Gasteiger partial charge in [-0.3, -0.25) is 0 Å². The Morgan fingerprint density at radius 1 is 1.53 bits per heavy atom. The minimum atomic E-state index is -3.47. The highest BCUT2D eigenvalue weighted by Gasteiger charge is 2.20. The average molecular weight is 304 g/mol. The van der Waals surface area contributed by atoms with Crippen LogP contribution in [0.5, 0.6) is 0 Å². The molecule has 0 spiro atoms. The Morgan fingerprint density at radius 3 is 2.89 bits per heavy atom. The number of aryl methyl sites for hydroxylation is 1. The molecule has 1 aromatic rings. The second-order valence-corrected chi connectivity index (χ2v) is 7.95. The van der Waals surface area contributed by atoms with Crippen molar-refractivity contribution in [3.05, 3.63) is 18.0 Å². The van der Waals surface area contributed by atoms with E-state index in [0.29, 0.717) is 17.5 Å². The van der Waals surface area contributed by atoms with Crippen LogP contribution in [0.3, 0.4) is 0 Å². The first-order valence-electron chi connectivity index (χ1n) is 6.40. The van der Waals surface area contributed by atoms with Gasteiger partial charge < -0.3 is 9.67 Å². The van der Waals surface area contributed by atoms with E-state index in [1.807, 2.05) is 11.8 Å². The van der Waals surface area contributed by atoms with E-state index in [1.165, 1.54) is 25.1 Å². The molecule has 108 valence electrons. The Labute approximate surface area is 118 Å². The third kappa shape index (κ3) is 3.75. The SMILES string of the molecule is Cn1cc(S(=O)(=O)NCC2CCCCS2)cc1CO. The molecule has 1 unspecified atom stereocenters. The summed E-state index contributed by atoms with van der Waals surface area (Å²) in [6.07, 6.45) is 5.01. The van der Waals surface area contributed by atoms with Gasteiger partial charge in [0.2, 0.25) is 10.0 Å². The molecular formula is C12H20N2O3S2. The molecule has 0 radical (unpaired) electrons. The standard InChI is InChI=1S/C12H20N2O3S2/c1-14-8-12(6-10(14)9-15)19(16,17)13-7-11-4-2-3-5-18-11/h6,8,11,13,15H,2-5,7,9H2,1H3. The second kappa shape index (κ2) is 6.30. The minimum Gasteiger partial charge on any atom is -0.390 e. The summed E-state index contributed by atoms with van der Waals surface area (Å²) in [6, 6.07) is 1.51. The lowest BCUT2D eigenvalue weighted by Crippen LogP contribution is -2.31. The highest BCUT2D eigenvalue weighted by atomic mass is 32.2. The number of rotatable bonds is 5. The van der Waals surface area contributed by atoms with Gasteiger partial charge in [0, 0.05) is 30.7 Å². The van der Waals surface area contributed by atoms with Crippen LogP contribution in [0.2, 0.25) is 0 Å². The van der Waals surface area contributed by atoms with Crippen LogP contribution >= 0.6 is 11.8 Å². The van der Waals surface area contributed by atoms with Crippen molar-refractivity contribution < 1.29 is 13.5 Å². The van der Waals surface area contributed by atoms with Gasteiger partial charge in [0.1, 0.15) is 0 Å². The third-order valence-electron chi connectivity index (χ3n) is 3.33. The molecular weight excluding hydrogens is 284 g/mol. The number of hydrogen-bond donors (Lipinski definition) is 2. The summed E-state index contributed by atoms with van der Waals surface area (Å²) in [5, 5.41) is 9.47. The number of aliphatic hydroxyl groups excluding tert-OH is 1. The molecule has 1 aliphatic rings. The van der Waals surface area contributed by atoms with E-state index >= 15 is 0 Å². The molecule has 0 bridgehead atoms. The molecule has 0 amide bonds. The minimum absolute atomic E-state index is 0.162. The monoisotopic (exact) mass is 304 g/mol. The van der Waals surface area contributed by atoms with E-state index in [4.69, 9.17) is 5.11 Å². The Hall–Kier alpha value is -0.500. The number of sulfonamides is 1. The van der Waals surface area contributed by atoms with E-state index in [-0.39, 0.29) is 11.5 Å². The predicted octanol–water partition coefficient (Wildman–Crippen LogP) is 1.08. The second-order valence-electron chi connectivity index (χ2n) is 4.78. The quantitative estimate of drug-likeness (QED) is 0.854. The Bertz CT molecular complexity index is 519. The lowest BCUT2D eigenvalue weighted by atomic mass is 10.2. The zero-order valence-electron chi connectivity index (χ0n) is 11.0. The maximum atomic E-state index is 12.1. The average Bonchev–Trinajstić information content (AvgIpc) is 2.80. The topological polar surface area (TPSA) is 71.3 Å². The van der Waals surface area contributed by atoms with Crippen molar-refractivity contribution >= 4 is 21.8 Å². The maximum Gasteiger partial charge on any atom is 0.242 e. The van der Waals surface area contributed by atoms with E-state index in [9.17, 15) is 8.42 Å². The third-order valence-corrected chi connectivity index (χ3v) is 6.12. The normalized spacial score (nSPS) is 20.6. The van der Waals surface area contributed by atoms with E-state index in [1.54, 1.807) is 11.6 Å². The van der Waals surface area contributed by atoms with Crippen molar-refractivity contribution in [2.45, 2.75) is 36.0 Å². The number of nitrogens with one attached hydrogen (secondary N) is 1. The van der Waals surface area contributed by atoms with Gasteiger partial charge >= 0.3 is 0 Å². The zero-order chi connectivity index (χ0) is 13.9. The Kier molecular flexibility index (Phi) is 4.94. The van der Waals surface area contributed by atoms with Crippen LogP contribution in [0.15, 0.2) is 17.2 Å². The molecule has 1 aromatic heterocycles. The maximum absolute atomic E-state index is 12.1. The number of hydrogen-bond acceptors (Lipinski definition) is 4. The van der Waals surface area contributed by atoms with E-state index in [2.05, 4.69) is 4.72 Å². The highest BCUT2D eigenvalue weighted by molar-refractivity contribution is 8.00. The summed E-state index contributed by atoms with van der Waals surface area (Å²) in [5.74, 6) is 1.12. The van der Waals surface area contributed by atoms with E-state index in [0.717, 1.165) is 12.2 Å². The van der Waals surface area contributed by atoms with Gasteiger partial charge in [-0.25, -0.2) is 13.1 Å². The lowest BCUT2D eigenvalue weighted by molar-refractivity contribution is 0.272. The molecule has 1 aliphatic heterocycles. The molecule has 19 heavy (non-hydrogen) atoms. The molecule has 2 N–H and O–H groups in total. The molecule has 5 nitrogen and oxygen atoms in total. The first-order chi connectivity index (χ1) is 9.03. The summed E-state index contributed by atoms with van der Waals surface area (Å²) in [7, 11) is -1.74. The van der Waals surface area contributed by atoms with Crippen molar-refractivity contribution in [3.8, 4) is 0 Å². The molecule has 2 rings (SSSR count). The molecule has 0 aliphatic carbocycles. The number of thioether (sulfide) groups is 1. The number of nitrogens with zero attached hydrogens (tertiary/aromatic N) is 1. The fourth-order valence-electron chi connectivity index (χ4n) is 2.14. The van der Waals surface area contributed by atoms with Crippen molar-refractivity contribution in [2.75, 3.05) is 12.3 Å². The summed E-state index contributed by atoms with van der Waals surface area (Å²) < 4.78 is 28.6. The highest BCUT2D eigenvalue weighted by Crippen LogP contribution is 2.24. The summed E-state index contributed by atoms with van der Waals surface area (Å²) in [5.41, 5.74) is 0.590. The lowest BCUT2D eigenvalue weighted by Gasteiger charge is -2.21. The summed E-state index contributed by atoms with van der Waals surface area (Å²) >= 11 is 1.84. The predicted molar refractivity (Wildman–Crippen MR) is 76.6 cm³/mol. The smallest absolute Gasteiger partial charge is 0.242 e. The molecule has 0 aromatic carbocycles. The van der Waals surface area contributed by atoms with Gasteiger partial charge in [-0.15, -0.1) is 0 Å². The molecule has 1 fully saturated rings. The first-order valence-corrected chi connectivity index (χ1v) is 8.93. The van der Waals surface area contributed by atoms with Crippen molar-refractivity contribution in [1.82, 2.24) is 9.29 Å². The summed E-state index contributed by atoms with van der Waals surface area (Å²) in [6.45, 7) is 0.320. The molecule has 1 atom stereocenters. The molecule has 0 saturated carbocycles. The van der Waals surface area contributed by atoms with Crippen LogP contribution in [0.4, 0.5) is 0 Å². The molecule has 2 heterocycles. The van der Waals surface area contributed by atoms with Crippen molar-refractivity contribution in [1.29, 1.82) is 0 Å². The first kappa shape index (κ1) is 14.9. The molecule has 7 heteroatoms. The van der Waals surface area contributed by atoms with Gasteiger partial charge in [0.15, 0.2) is 0 Å². The summed E-state index contributed by atoms with van der Waals surface area (Å²) in [4.78, 5) is 0.222. The Morgan fingerprint density at radius 2 is 2.32 bits per heavy atom. The molecule has 1 saturated heterocycles. The largest absolute Gasteiger partial charge is 0.390 e.